The summed E-state index contributed by atoms with van der Waals surface area (Å²) < 4.78 is 6.63. The highest BCUT2D eigenvalue weighted by Crippen LogP contribution is 2.42. The van der Waals surface area contributed by atoms with Crippen molar-refractivity contribution in [3.63, 3.8) is 0 Å². The number of ether oxygens (including phenoxy) is 1. The van der Waals surface area contributed by atoms with Crippen LogP contribution in [0.2, 0.25) is 5.28 Å². The predicted octanol–water partition coefficient (Wildman–Crippen LogP) is 5.78. The van der Waals surface area contributed by atoms with Gasteiger partial charge >= 0.3 is 5.97 Å². The number of esters is 1. The Hall–Kier alpha value is -1.73. The maximum Gasteiger partial charge on any atom is 0.322 e. The fourth-order valence-electron chi connectivity index (χ4n) is 3.64. The maximum absolute atomic E-state index is 13.5. The number of halogens is 2. The van der Waals surface area contributed by atoms with E-state index in [-0.39, 0.29) is 17.2 Å². The van der Waals surface area contributed by atoms with Crippen molar-refractivity contribution < 1.29 is 9.53 Å². The molecule has 1 heterocycles. The largest absolute Gasteiger partial charge is 0.465 e. The summed E-state index contributed by atoms with van der Waals surface area (Å²) in [7, 11) is 0. The molecule has 0 N–H and O–H groups in total. The van der Waals surface area contributed by atoms with Gasteiger partial charge in [0.15, 0.2) is 0 Å². The molecule has 1 aromatic heterocycles. The van der Waals surface area contributed by atoms with Crippen LogP contribution in [-0.2, 0) is 14.9 Å². The smallest absolute Gasteiger partial charge is 0.322 e. The quantitative estimate of drug-likeness (QED) is 0.240. The molecular weight excluding hydrogens is 487 g/mol. The van der Waals surface area contributed by atoms with Gasteiger partial charge < -0.3 is 4.74 Å². The number of hydrogen-bond acceptors (Lipinski definition) is 4. The second-order valence-electron chi connectivity index (χ2n) is 7.09. The third kappa shape index (κ3) is 4.01. The van der Waals surface area contributed by atoms with E-state index in [0.717, 1.165) is 14.5 Å². The molecule has 4 nitrogen and oxygen atoms in total. The Morgan fingerprint density at radius 2 is 1.89 bits per heavy atom. The summed E-state index contributed by atoms with van der Waals surface area (Å²) in [5.74, 6) is -0.0963. The predicted molar refractivity (Wildman–Crippen MR) is 121 cm³/mol. The number of nitrogens with zero attached hydrogens (tertiary/aromatic N) is 2. The van der Waals surface area contributed by atoms with E-state index >= 15 is 0 Å². The molecule has 1 atom stereocenters. The molecule has 0 fully saturated rings. The van der Waals surface area contributed by atoms with E-state index in [9.17, 15) is 4.79 Å². The van der Waals surface area contributed by atoms with Crippen LogP contribution in [0.5, 0.6) is 0 Å². The Morgan fingerprint density at radius 3 is 2.54 bits per heavy atom. The van der Waals surface area contributed by atoms with Crippen molar-refractivity contribution in [1.82, 2.24) is 9.97 Å². The van der Waals surface area contributed by atoms with Gasteiger partial charge in [0.25, 0.3) is 0 Å². The zero-order valence-electron chi connectivity index (χ0n) is 16.1. The second kappa shape index (κ2) is 8.74. The van der Waals surface area contributed by atoms with E-state index in [4.69, 9.17) is 16.3 Å². The molecular formula is C22H22ClIN2O2. The van der Waals surface area contributed by atoms with Gasteiger partial charge in [-0.05, 0) is 77.2 Å². The molecule has 6 heteroatoms. The lowest BCUT2D eigenvalue weighted by molar-refractivity contribution is -0.149. The van der Waals surface area contributed by atoms with Gasteiger partial charge in [-0.2, -0.15) is 0 Å². The number of hydrogen-bond donors (Lipinski definition) is 0. The van der Waals surface area contributed by atoms with Crippen LogP contribution in [0.4, 0.5) is 0 Å². The number of aromatic nitrogens is 2. The third-order valence-corrected chi connectivity index (χ3v) is 5.48. The molecule has 3 rings (SSSR count). The Balaban J connectivity index is 2.44. The van der Waals surface area contributed by atoms with Gasteiger partial charge in [-0.3, -0.25) is 4.79 Å². The van der Waals surface area contributed by atoms with E-state index in [1.165, 1.54) is 0 Å². The summed E-state index contributed by atoms with van der Waals surface area (Å²) in [5.41, 5.74) is 1.08. The molecule has 146 valence electrons. The van der Waals surface area contributed by atoms with Gasteiger partial charge in [0, 0.05) is 8.96 Å². The monoisotopic (exact) mass is 508 g/mol. The summed E-state index contributed by atoms with van der Waals surface area (Å²) >= 11 is 8.55. The number of fused-ring (bicyclic) bond motifs is 1. The number of benzene rings is 2. The van der Waals surface area contributed by atoms with Gasteiger partial charge in [0.05, 0.1) is 17.8 Å². The van der Waals surface area contributed by atoms with E-state index in [1.807, 2.05) is 55.5 Å². The molecule has 0 radical (unpaired) electrons. The fourth-order valence-corrected chi connectivity index (χ4v) is 4.30. The molecule has 0 aliphatic carbocycles. The Labute approximate surface area is 183 Å². The molecule has 3 aromatic rings. The van der Waals surface area contributed by atoms with Crippen LogP contribution in [0.25, 0.3) is 10.9 Å². The molecule has 1 unspecified atom stereocenters. The number of carbonyl (C=O) groups is 1. The van der Waals surface area contributed by atoms with Gasteiger partial charge in [0.2, 0.25) is 5.28 Å². The Bertz CT molecular complexity index is 994. The summed E-state index contributed by atoms with van der Waals surface area (Å²) in [4.78, 5) is 22.5. The van der Waals surface area contributed by atoms with E-state index in [1.54, 1.807) is 0 Å². The van der Waals surface area contributed by atoms with Crippen molar-refractivity contribution in [2.24, 2.45) is 5.92 Å². The highest BCUT2D eigenvalue weighted by Gasteiger charge is 2.46. The summed E-state index contributed by atoms with van der Waals surface area (Å²) in [5, 5.41) is 0.936. The molecule has 28 heavy (non-hydrogen) atoms. The van der Waals surface area contributed by atoms with Crippen molar-refractivity contribution in [3.05, 3.63) is 68.6 Å². The molecule has 0 spiro atoms. The lowest BCUT2D eigenvalue weighted by atomic mass is 9.70. The number of carbonyl (C=O) groups excluding carboxylic acids is 1. The zero-order valence-corrected chi connectivity index (χ0v) is 19.0. The summed E-state index contributed by atoms with van der Waals surface area (Å²) in [6.45, 7) is 6.29. The molecule has 0 aliphatic rings. The van der Waals surface area contributed by atoms with Gasteiger partial charge in [-0.15, -0.1) is 0 Å². The minimum absolute atomic E-state index is 0.122. The first kappa shape index (κ1) is 21.0. The zero-order chi connectivity index (χ0) is 20.3. The van der Waals surface area contributed by atoms with Crippen molar-refractivity contribution >= 4 is 51.1 Å². The van der Waals surface area contributed by atoms with Crippen LogP contribution in [-0.4, -0.2) is 22.5 Å². The summed E-state index contributed by atoms with van der Waals surface area (Å²) in [6, 6.07) is 15.6. The molecule has 0 aliphatic heterocycles. The third-order valence-electron chi connectivity index (χ3n) is 4.64. The highest BCUT2D eigenvalue weighted by molar-refractivity contribution is 14.1. The minimum Gasteiger partial charge on any atom is -0.465 e. The highest BCUT2D eigenvalue weighted by atomic mass is 127. The van der Waals surface area contributed by atoms with Crippen LogP contribution in [0, 0.1) is 9.49 Å². The van der Waals surface area contributed by atoms with Crippen molar-refractivity contribution in [2.75, 3.05) is 6.61 Å². The van der Waals surface area contributed by atoms with Crippen LogP contribution in [0.15, 0.2) is 48.5 Å². The first-order chi connectivity index (χ1) is 13.4. The molecule has 0 saturated carbocycles. The fraction of sp³-hybridized carbons (Fsp3) is 0.318. The molecule has 0 amide bonds. The Morgan fingerprint density at radius 1 is 1.18 bits per heavy atom. The van der Waals surface area contributed by atoms with E-state index in [2.05, 4.69) is 46.4 Å². The van der Waals surface area contributed by atoms with Crippen molar-refractivity contribution in [2.45, 2.75) is 32.6 Å². The normalized spacial score (nSPS) is 13.5. The molecule has 2 aromatic carbocycles. The van der Waals surface area contributed by atoms with E-state index < -0.39 is 5.41 Å². The van der Waals surface area contributed by atoms with E-state index in [0.29, 0.717) is 24.2 Å². The van der Waals surface area contributed by atoms with Crippen molar-refractivity contribution in [3.8, 4) is 0 Å². The van der Waals surface area contributed by atoms with Crippen LogP contribution < -0.4 is 0 Å². The lowest BCUT2D eigenvalue weighted by Crippen LogP contribution is -2.41. The Kier molecular flexibility index (Phi) is 6.55. The first-order valence-corrected chi connectivity index (χ1v) is 10.7. The van der Waals surface area contributed by atoms with Crippen LogP contribution in [0.3, 0.4) is 0 Å². The average Bonchev–Trinajstić information content (AvgIpc) is 2.66. The van der Waals surface area contributed by atoms with Crippen LogP contribution >= 0.6 is 34.2 Å². The first-order valence-electron chi connectivity index (χ1n) is 9.24. The van der Waals surface area contributed by atoms with Gasteiger partial charge in [-0.1, -0.05) is 44.2 Å². The summed E-state index contributed by atoms with van der Waals surface area (Å²) in [6.07, 6.45) is 0.545. The average molecular weight is 509 g/mol. The molecule has 0 bridgehead atoms. The second-order valence-corrected chi connectivity index (χ2v) is 8.68. The minimum atomic E-state index is -1.07. The topological polar surface area (TPSA) is 52.1 Å². The number of rotatable bonds is 6. The molecule has 0 saturated heterocycles. The van der Waals surface area contributed by atoms with Gasteiger partial charge in [0.1, 0.15) is 5.41 Å². The lowest BCUT2D eigenvalue weighted by Gasteiger charge is -2.34. The SMILES string of the molecule is CCOC(=O)C(CC(C)C)(c1ccccc1)c1nc(Cl)nc2ccc(I)cc12. The van der Waals surface area contributed by atoms with Gasteiger partial charge in [-0.25, -0.2) is 9.97 Å². The van der Waals surface area contributed by atoms with Crippen LogP contribution in [0.1, 0.15) is 38.4 Å². The standard InChI is InChI=1S/C22H22ClIN2O2/c1-4-28-20(27)22(13-14(2)3,15-8-6-5-7-9-15)19-17-12-16(24)10-11-18(17)25-21(23)26-19/h5-12,14H,4,13H2,1-3H3. The van der Waals surface area contributed by atoms with Crippen molar-refractivity contribution in [1.29, 1.82) is 0 Å². The maximum atomic E-state index is 13.5.